The summed E-state index contributed by atoms with van der Waals surface area (Å²) in [5.41, 5.74) is 0. The van der Waals surface area contributed by atoms with Crippen LogP contribution >= 0.6 is 15.9 Å². The maximum Gasteiger partial charge on any atom is 0.222 e. The van der Waals surface area contributed by atoms with Crippen LogP contribution in [0.25, 0.3) is 0 Å². The van der Waals surface area contributed by atoms with Crippen molar-refractivity contribution in [2.24, 2.45) is 11.8 Å². The van der Waals surface area contributed by atoms with E-state index in [4.69, 9.17) is 0 Å². The van der Waals surface area contributed by atoms with E-state index in [1.165, 1.54) is 25.7 Å². The van der Waals surface area contributed by atoms with E-state index in [-0.39, 0.29) is 11.8 Å². The molecule has 0 unspecified atom stereocenters. The number of hydrogen-bond donors (Lipinski definition) is 1. The first-order valence-corrected chi connectivity index (χ1v) is 6.43. The van der Waals surface area contributed by atoms with E-state index in [0.717, 1.165) is 6.54 Å². The minimum absolute atomic E-state index is 0.113. The largest absolute Gasteiger partial charge is 0.356 e. The molecule has 0 aromatic heterocycles. The second-order valence-corrected chi connectivity index (χ2v) is 5.81. The minimum atomic E-state index is 0.113. The lowest BCUT2D eigenvalue weighted by atomic mass is 9.89. The molecule has 0 radical (unpaired) electrons. The van der Waals surface area contributed by atoms with Crippen LogP contribution in [0.3, 0.4) is 0 Å². The maximum absolute atomic E-state index is 11.3. The highest BCUT2D eigenvalue weighted by molar-refractivity contribution is 9.09. The Labute approximate surface area is 95.0 Å². The number of nitrogens with one attached hydrogen (secondary N) is 1. The predicted octanol–water partition coefficient (Wildman–Crippen LogP) is 2.71. The second-order valence-electron chi connectivity index (χ2n) is 4.52. The molecule has 0 aliphatic heterocycles. The van der Waals surface area contributed by atoms with Crippen LogP contribution in [0.2, 0.25) is 0 Å². The van der Waals surface area contributed by atoms with Crippen molar-refractivity contribution >= 4 is 21.8 Å². The van der Waals surface area contributed by atoms with E-state index in [9.17, 15) is 4.79 Å². The van der Waals surface area contributed by atoms with Crippen LogP contribution in [0.5, 0.6) is 0 Å². The van der Waals surface area contributed by atoms with Gasteiger partial charge in [0.15, 0.2) is 0 Å². The molecule has 1 fully saturated rings. The molecule has 0 atom stereocenters. The zero-order valence-electron chi connectivity index (χ0n) is 9.05. The van der Waals surface area contributed by atoms with E-state index in [2.05, 4.69) is 21.2 Å². The molecule has 0 spiro atoms. The molecule has 0 bridgehead atoms. The number of carbonyl (C=O) groups excluding carboxylic acids is 1. The average Bonchev–Trinajstić information content (AvgIpc) is 2.16. The molecular weight excluding hydrogens is 242 g/mol. The molecular formula is C11H20BrNO. The van der Waals surface area contributed by atoms with Crippen LogP contribution in [0.4, 0.5) is 0 Å². The summed E-state index contributed by atoms with van der Waals surface area (Å²) in [6.45, 7) is 4.74. The van der Waals surface area contributed by atoms with Gasteiger partial charge in [0, 0.05) is 17.3 Å². The summed E-state index contributed by atoms with van der Waals surface area (Å²) in [5, 5.41) is 3.01. The van der Waals surface area contributed by atoms with Crippen LogP contribution in [-0.2, 0) is 4.79 Å². The topological polar surface area (TPSA) is 29.1 Å². The lowest BCUT2D eigenvalue weighted by Gasteiger charge is -2.25. The number of hydrogen-bond acceptors (Lipinski definition) is 1. The zero-order chi connectivity index (χ0) is 10.6. The molecule has 2 nitrogen and oxygen atoms in total. The summed E-state index contributed by atoms with van der Waals surface area (Å²) < 4.78 is 0. The molecule has 82 valence electrons. The van der Waals surface area contributed by atoms with Crippen molar-refractivity contribution in [3.05, 3.63) is 0 Å². The Kier molecular flexibility index (Phi) is 4.93. The molecule has 3 heteroatoms. The van der Waals surface area contributed by atoms with Crippen LogP contribution in [0.1, 0.15) is 39.5 Å². The zero-order valence-corrected chi connectivity index (χ0v) is 10.6. The quantitative estimate of drug-likeness (QED) is 0.778. The van der Waals surface area contributed by atoms with Gasteiger partial charge in [0.05, 0.1) is 0 Å². The number of rotatable bonds is 3. The molecule has 0 aromatic carbocycles. The normalized spacial score (nSPS) is 27.7. The van der Waals surface area contributed by atoms with Gasteiger partial charge in [-0.15, -0.1) is 0 Å². The molecule has 14 heavy (non-hydrogen) atoms. The minimum Gasteiger partial charge on any atom is -0.356 e. The number of carbonyl (C=O) groups is 1. The third-order valence-corrected chi connectivity index (χ3v) is 3.78. The molecule has 1 aliphatic rings. The van der Waals surface area contributed by atoms with Crippen molar-refractivity contribution in [3.63, 3.8) is 0 Å². The summed E-state index contributed by atoms with van der Waals surface area (Å²) in [7, 11) is 0. The summed E-state index contributed by atoms with van der Waals surface area (Å²) >= 11 is 3.63. The highest BCUT2D eigenvalue weighted by atomic mass is 79.9. The Morgan fingerprint density at radius 3 is 2.43 bits per heavy atom. The molecule has 1 aliphatic carbocycles. The Hall–Kier alpha value is -0.0500. The summed E-state index contributed by atoms with van der Waals surface area (Å²) in [6.07, 6.45) is 4.99. The van der Waals surface area contributed by atoms with Crippen molar-refractivity contribution in [2.75, 3.05) is 6.54 Å². The lowest BCUT2D eigenvalue weighted by molar-refractivity contribution is -0.124. The van der Waals surface area contributed by atoms with Gasteiger partial charge in [-0.2, -0.15) is 0 Å². The van der Waals surface area contributed by atoms with E-state index in [0.29, 0.717) is 10.7 Å². The van der Waals surface area contributed by atoms with Gasteiger partial charge in [0.2, 0.25) is 5.91 Å². The van der Waals surface area contributed by atoms with Crippen molar-refractivity contribution < 1.29 is 4.79 Å². The number of alkyl halides is 1. The van der Waals surface area contributed by atoms with Gasteiger partial charge < -0.3 is 5.32 Å². The van der Waals surface area contributed by atoms with Gasteiger partial charge in [-0.25, -0.2) is 0 Å². The standard InChI is InChI=1S/C11H20BrNO/c1-8(2)11(14)13-7-9-3-5-10(12)6-4-9/h8-10H,3-7H2,1-2H3,(H,13,14). The number of halogens is 1. The average molecular weight is 262 g/mol. The van der Waals surface area contributed by atoms with Gasteiger partial charge >= 0.3 is 0 Å². The summed E-state index contributed by atoms with van der Waals surface area (Å²) in [6, 6.07) is 0. The third-order valence-electron chi connectivity index (χ3n) is 2.87. The third kappa shape index (κ3) is 3.99. The van der Waals surface area contributed by atoms with Gasteiger partial charge in [0.25, 0.3) is 0 Å². The second kappa shape index (κ2) is 5.74. The Balaban J connectivity index is 2.16. The van der Waals surface area contributed by atoms with E-state index >= 15 is 0 Å². The van der Waals surface area contributed by atoms with E-state index in [1.54, 1.807) is 0 Å². The smallest absolute Gasteiger partial charge is 0.222 e. The fraction of sp³-hybridized carbons (Fsp3) is 0.909. The Bertz CT molecular complexity index is 186. The fourth-order valence-electron chi connectivity index (χ4n) is 1.77. The van der Waals surface area contributed by atoms with Crippen LogP contribution in [-0.4, -0.2) is 17.3 Å². The molecule has 1 N–H and O–H groups in total. The first-order valence-electron chi connectivity index (χ1n) is 5.51. The highest BCUT2D eigenvalue weighted by Crippen LogP contribution is 2.28. The van der Waals surface area contributed by atoms with Crippen LogP contribution < -0.4 is 5.32 Å². The first-order chi connectivity index (χ1) is 6.59. The molecule has 0 aromatic rings. The fourth-order valence-corrected chi connectivity index (χ4v) is 2.30. The Morgan fingerprint density at radius 1 is 1.36 bits per heavy atom. The molecule has 0 saturated heterocycles. The summed E-state index contributed by atoms with van der Waals surface area (Å²) in [5.74, 6) is 1.000. The van der Waals surface area contributed by atoms with Crippen LogP contribution in [0, 0.1) is 11.8 Å². The van der Waals surface area contributed by atoms with Gasteiger partial charge in [0.1, 0.15) is 0 Å². The Morgan fingerprint density at radius 2 is 1.93 bits per heavy atom. The maximum atomic E-state index is 11.3. The summed E-state index contributed by atoms with van der Waals surface area (Å²) in [4.78, 5) is 12.0. The van der Waals surface area contributed by atoms with Crippen molar-refractivity contribution in [1.29, 1.82) is 0 Å². The first kappa shape index (κ1) is 12.0. The van der Waals surface area contributed by atoms with E-state index in [1.807, 2.05) is 13.8 Å². The highest BCUT2D eigenvalue weighted by Gasteiger charge is 2.19. The van der Waals surface area contributed by atoms with Gasteiger partial charge in [-0.3, -0.25) is 4.79 Å². The van der Waals surface area contributed by atoms with Crippen molar-refractivity contribution in [1.82, 2.24) is 5.32 Å². The number of amides is 1. The molecule has 0 heterocycles. The molecule has 1 amide bonds. The van der Waals surface area contributed by atoms with Crippen molar-refractivity contribution in [3.8, 4) is 0 Å². The SMILES string of the molecule is CC(C)C(=O)NCC1CCC(Br)CC1. The molecule has 1 rings (SSSR count). The lowest BCUT2D eigenvalue weighted by Crippen LogP contribution is -2.33. The monoisotopic (exact) mass is 261 g/mol. The van der Waals surface area contributed by atoms with E-state index < -0.39 is 0 Å². The van der Waals surface area contributed by atoms with Crippen molar-refractivity contribution in [2.45, 2.75) is 44.4 Å². The van der Waals surface area contributed by atoms with Gasteiger partial charge in [-0.05, 0) is 31.6 Å². The predicted molar refractivity (Wildman–Crippen MR) is 62.5 cm³/mol. The van der Waals surface area contributed by atoms with Gasteiger partial charge in [-0.1, -0.05) is 29.8 Å². The molecule has 1 saturated carbocycles. The van der Waals surface area contributed by atoms with Crippen LogP contribution in [0.15, 0.2) is 0 Å².